The van der Waals surface area contributed by atoms with Gasteiger partial charge in [-0.3, -0.25) is 19.3 Å². The Morgan fingerprint density at radius 2 is 1.85 bits per heavy atom. The van der Waals surface area contributed by atoms with Gasteiger partial charge < -0.3 is 25.0 Å². The van der Waals surface area contributed by atoms with E-state index in [2.05, 4.69) is 10.6 Å². The largest absolute Gasteiger partial charge is 0.497 e. The molecule has 0 spiro atoms. The molecule has 180 valence electrons. The molecule has 3 amide bonds. The lowest BCUT2D eigenvalue weighted by Gasteiger charge is -2.24. The lowest BCUT2D eigenvalue weighted by atomic mass is 10.1. The zero-order valence-corrected chi connectivity index (χ0v) is 20.2. The summed E-state index contributed by atoms with van der Waals surface area (Å²) in [6, 6.07) is 13.2. The molecule has 3 rings (SSSR count). The van der Waals surface area contributed by atoms with Gasteiger partial charge in [0.1, 0.15) is 17.5 Å². The summed E-state index contributed by atoms with van der Waals surface area (Å²) in [6.45, 7) is 4.42. The summed E-state index contributed by atoms with van der Waals surface area (Å²) in [7, 11) is 1.54. The van der Waals surface area contributed by atoms with Crippen LogP contribution in [0.15, 0.2) is 48.5 Å². The van der Waals surface area contributed by atoms with Gasteiger partial charge in [-0.2, -0.15) is 0 Å². The fourth-order valence-electron chi connectivity index (χ4n) is 3.62. The monoisotopic (exact) mass is 484 g/mol. The van der Waals surface area contributed by atoms with Crippen molar-refractivity contribution < 1.29 is 23.9 Å². The fraction of sp³-hybridized carbons (Fsp3) is 0.333. The molecule has 1 aliphatic rings. The summed E-state index contributed by atoms with van der Waals surface area (Å²) in [5.74, 6) is 0.445. The van der Waals surface area contributed by atoms with E-state index in [4.69, 9.17) is 21.7 Å². The molecule has 9 nitrogen and oxygen atoms in total. The molecule has 2 aromatic carbocycles. The van der Waals surface area contributed by atoms with Crippen molar-refractivity contribution in [2.24, 2.45) is 0 Å². The van der Waals surface area contributed by atoms with Gasteiger partial charge in [-0.05, 0) is 55.5 Å². The average molecular weight is 485 g/mol. The molecule has 2 aromatic rings. The number of anilines is 2. The van der Waals surface area contributed by atoms with Gasteiger partial charge in [-0.15, -0.1) is 0 Å². The minimum Gasteiger partial charge on any atom is -0.497 e. The molecule has 0 saturated carbocycles. The van der Waals surface area contributed by atoms with Crippen molar-refractivity contribution in [1.82, 2.24) is 10.2 Å². The summed E-state index contributed by atoms with van der Waals surface area (Å²) >= 11 is 5.61. The number of benzene rings is 2. The van der Waals surface area contributed by atoms with Crippen molar-refractivity contribution in [3.8, 4) is 11.5 Å². The molecule has 1 fully saturated rings. The Bertz CT molecular complexity index is 1060. The van der Waals surface area contributed by atoms with Crippen LogP contribution in [0.5, 0.6) is 11.5 Å². The van der Waals surface area contributed by atoms with E-state index in [0.717, 1.165) is 0 Å². The number of carbonyl (C=O) groups excluding carboxylic acids is 3. The van der Waals surface area contributed by atoms with E-state index in [-0.39, 0.29) is 42.3 Å². The van der Waals surface area contributed by atoms with E-state index < -0.39 is 6.04 Å². The SMILES string of the molecule is CCOc1ccc(NC(=O)C[C@@H]2C(=O)N(c3cccc(OC)c3)C(=S)N2CCNC(C)=O)cc1. The second-order valence-electron chi connectivity index (χ2n) is 7.56. The Balaban J connectivity index is 1.78. The first kappa shape index (κ1) is 25.0. The van der Waals surface area contributed by atoms with Crippen LogP contribution in [0.4, 0.5) is 11.4 Å². The topological polar surface area (TPSA) is 100 Å². The number of carbonyl (C=O) groups is 3. The maximum Gasteiger partial charge on any atom is 0.256 e. The van der Waals surface area contributed by atoms with Crippen LogP contribution in [-0.2, 0) is 14.4 Å². The highest BCUT2D eigenvalue weighted by Crippen LogP contribution is 2.29. The second-order valence-corrected chi connectivity index (χ2v) is 7.92. The number of methoxy groups -OCH3 is 1. The normalized spacial score (nSPS) is 15.3. The average Bonchev–Trinajstić information content (AvgIpc) is 3.04. The highest BCUT2D eigenvalue weighted by molar-refractivity contribution is 7.80. The van der Waals surface area contributed by atoms with E-state index in [9.17, 15) is 14.4 Å². The van der Waals surface area contributed by atoms with Crippen molar-refractivity contribution in [3.63, 3.8) is 0 Å². The van der Waals surface area contributed by atoms with Crippen molar-refractivity contribution in [1.29, 1.82) is 0 Å². The third kappa shape index (κ3) is 6.02. The van der Waals surface area contributed by atoms with Gasteiger partial charge in [0.2, 0.25) is 11.8 Å². The van der Waals surface area contributed by atoms with Crippen LogP contribution in [0.3, 0.4) is 0 Å². The van der Waals surface area contributed by atoms with Crippen LogP contribution < -0.4 is 25.0 Å². The number of rotatable bonds is 10. The van der Waals surface area contributed by atoms with Gasteiger partial charge in [-0.1, -0.05) is 6.07 Å². The predicted molar refractivity (Wildman–Crippen MR) is 133 cm³/mol. The molecule has 34 heavy (non-hydrogen) atoms. The van der Waals surface area contributed by atoms with E-state index >= 15 is 0 Å². The molecule has 10 heteroatoms. The highest BCUT2D eigenvalue weighted by Gasteiger charge is 2.44. The van der Waals surface area contributed by atoms with Crippen LogP contribution in [-0.4, -0.2) is 60.6 Å². The Morgan fingerprint density at radius 3 is 2.50 bits per heavy atom. The van der Waals surface area contributed by atoms with Crippen LogP contribution in [0, 0.1) is 0 Å². The number of nitrogens with one attached hydrogen (secondary N) is 2. The van der Waals surface area contributed by atoms with Gasteiger partial charge in [0.25, 0.3) is 5.91 Å². The lowest BCUT2D eigenvalue weighted by Crippen LogP contribution is -2.42. The van der Waals surface area contributed by atoms with Crippen LogP contribution in [0.2, 0.25) is 0 Å². The lowest BCUT2D eigenvalue weighted by molar-refractivity contribution is -0.124. The minimum absolute atomic E-state index is 0.104. The molecule has 1 atom stereocenters. The molecular formula is C24H28N4O5S. The van der Waals surface area contributed by atoms with E-state index in [1.807, 2.05) is 6.92 Å². The van der Waals surface area contributed by atoms with Gasteiger partial charge in [0, 0.05) is 31.8 Å². The molecule has 0 unspecified atom stereocenters. The third-order valence-electron chi connectivity index (χ3n) is 5.18. The van der Waals surface area contributed by atoms with Crippen LogP contribution in [0.25, 0.3) is 0 Å². The molecule has 0 bridgehead atoms. The standard InChI is InChI=1S/C24H28N4O5S/c1-4-33-19-10-8-17(9-11-19)26-22(30)15-21-23(31)28(18-6-5-7-20(14-18)32-3)24(34)27(21)13-12-25-16(2)29/h5-11,14,21H,4,12-13,15H2,1-3H3,(H,25,29)(H,26,30)/t21-/m1/s1. The van der Waals surface area contributed by atoms with E-state index in [0.29, 0.717) is 29.5 Å². The summed E-state index contributed by atoms with van der Waals surface area (Å²) in [5.41, 5.74) is 1.14. The number of ether oxygens (including phenoxy) is 2. The number of amides is 3. The summed E-state index contributed by atoms with van der Waals surface area (Å²) in [6.07, 6.45) is -0.104. The Labute approximate surface area is 204 Å². The summed E-state index contributed by atoms with van der Waals surface area (Å²) < 4.78 is 10.7. The highest BCUT2D eigenvalue weighted by atomic mass is 32.1. The van der Waals surface area contributed by atoms with Crippen molar-refractivity contribution in [2.75, 3.05) is 37.0 Å². The van der Waals surface area contributed by atoms with Crippen LogP contribution in [0.1, 0.15) is 20.3 Å². The Kier molecular flexibility index (Phi) is 8.42. The first-order valence-corrected chi connectivity index (χ1v) is 11.3. The Hall–Kier alpha value is -3.66. The molecule has 2 N–H and O–H groups in total. The second kappa shape index (κ2) is 11.5. The molecule has 1 heterocycles. The van der Waals surface area contributed by atoms with Crippen LogP contribution >= 0.6 is 12.2 Å². The maximum absolute atomic E-state index is 13.4. The van der Waals surface area contributed by atoms with Crippen molar-refractivity contribution in [2.45, 2.75) is 26.3 Å². The maximum atomic E-state index is 13.4. The minimum atomic E-state index is -0.810. The molecule has 0 radical (unpaired) electrons. The first-order chi connectivity index (χ1) is 16.3. The molecule has 1 aliphatic heterocycles. The van der Waals surface area contributed by atoms with Gasteiger partial charge >= 0.3 is 0 Å². The van der Waals surface area contributed by atoms with Crippen molar-refractivity contribution in [3.05, 3.63) is 48.5 Å². The zero-order chi connectivity index (χ0) is 24.7. The number of thiocarbonyl (C=S) groups is 1. The molecule has 0 aromatic heterocycles. The first-order valence-electron chi connectivity index (χ1n) is 10.9. The smallest absolute Gasteiger partial charge is 0.256 e. The van der Waals surface area contributed by atoms with E-state index in [1.54, 1.807) is 53.4 Å². The third-order valence-corrected chi connectivity index (χ3v) is 5.60. The predicted octanol–water partition coefficient (Wildman–Crippen LogP) is 2.56. The molecule has 0 aliphatic carbocycles. The Morgan fingerprint density at radius 1 is 1.12 bits per heavy atom. The van der Waals surface area contributed by atoms with Gasteiger partial charge in [-0.25, -0.2) is 0 Å². The number of hydrogen-bond acceptors (Lipinski definition) is 6. The fourth-order valence-corrected chi connectivity index (χ4v) is 4.03. The van der Waals surface area contributed by atoms with Gasteiger partial charge in [0.15, 0.2) is 5.11 Å². The van der Waals surface area contributed by atoms with Gasteiger partial charge in [0.05, 0.1) is 25.8 Å². The summed E-state index contributed by atoms with van der Waals surface area (Å²) in [5, 5.41) is 5.79. The number of nitrogens with zero attached hydrogens (tertiary/aromatic N) is 2. The van der Waals surface area contributed by atoms with Crippen molar-refractivity contribution >= 4 is 46.4 Å². The summed E-state index contributed by atoms with van der Waals surface area (Å²) in [4.78, 5) is 40.6. The molecule has 1 saturated heterocycles. The quantitative estimate of drug-likeness (QED) is 0.500. The zero-order valence-electron chi connectivity index (χ0n) is 19.4. The number of hydrogen-bond donors (Lipinski definition) is 2. The van der Waals surface area contributed by atoms with E-state index in [1.165, 1.54) is 18.9 Å². The molecular weight excluding hydrogens is 456 g/mol.